The van der Waals surface area contributed by atoms with Crippen molar-refractivity contribution in [2.45, 2.75) is 39.3 Å². The molecule has 3 heteroatoms. The Hall–Kier alpha value is -0.900. The van der Waals surface area contributed by atoms with Crippen LogP contribution in [-0.2, 0) is 9.47 Å². The number of benzene rings is 1. The van der Waals surface area contributed by atoms with Crippen LogP contribution < -0.4 is 5.32 Å². The molecule has 0 aromatic heterocycles. The van der Waals surface area contributed by atoms with E-state index in [0.717, 1.165) is 13.0 Å². The highest BCUT2D eigenvalue weighted by Gasteiger charge is 2.26. The standard InChI is InChI=1S/C16H25NO2/c1-4-5-17-16(15-11-18-6-7-19-15)14-9-12(2)8-13(3)10-14/h8-10,15-17H,4-7,11H2,1-3H3. The molecule has 2 unspecified atom stereocenters. The molecule has 2 atom stereocenters. The van der Waals surface area contributed by atoms with Crippen LogP contribution in [0.5, 0.6) is 0 Å². The molecule has 0 bridgehead atoms. The molecule has 1 aliphatic heterocycles. The number of hydrogen-bond acceptors (Lipinski definition) is 3. The molecule has 0 saturated carbocycles. The Morgan fingerprint density at radius 1 is 1.21 bits per heavy atom. The van der Waals surface area contributed by atoms with Crippen molar-refractivity contribution in [2.75, 3.05) is 26.4 Å². The van der Waals surface area contributed by atoms with Crippen LogP contribution in [0.25, 0.3) is 0 Å². The maximum Gasteiger partial charge on any atom is 0.100 e. The predicted molar refractivity (Wildman–Crippen MR) is 77.5 cm³/mol. The molecule has 1 fully saturated rings. The fourth-order valence-corrected chi connectivity index (χ4v) is 2.65. The van der Waals surface area contributed by atoms with Gasteiger partial charge >= 0.3 is 0 Å². The molecule has 19 heavy (non-hydrogen) atoms. The van der Waals surface area contributed by atoms with E-state index >= 15 is 0 Å². The summed E-state index contributed by atoms with van der Waals surface area (Å²) in [6.45, 7) is 9.55. The second-order valence-corrected chi connectivity index (χ2v) is 5.34. The fourth-order valence-electron chi connectivity index (χ4n) is 2.65. The number of ether oxygens (including phenoxy) is 2. The summed E-state index contributed by atoms with van der Waals surface area (Å²) in [5, 5.41) is 3.60. The lowest BCUT2D eigenvalue weighted by atomic mass is 9.97. The Bertz CT molecular complexity index is 379. The number of rotatable bonds is 5. The third kappa shape index (κ3) is 4.03. The van der Waals surface area contributed by atoms with E-state index in [2.05, 4.69) is 44.3 Å². The van der Waals surface area contributed by atoms with Gasteiger partial charge in [-0.2, -0.15) is 0 Å². The smallest absolute Gasteiger partial charge is 0.100 e. The van der Waals surface area contributed by atoms with Gasteiger partial charge in [0.2, 0.25) is 0 Å². The maximum atomic E-state index is 5.88. The third-order valence-electron chi connectivity index (χ3n) is 3.43. The maximum absolute atomic E-state index is 5.88. The molecule has 0 amide bonds. The summed E-state index contributed by atoms with van der Waals surface area (Å²) < 4.78 is 11.4. The molecule has 2 rings (SSSR count). The van der Waals surface area contributed by atoms with Crippen molar-refractivity contribution in [1.82, 2.24) is 5.32 Å². The highest BCUT2D eigenvalue weighted by Crippen LogP contribution is 2.24. The van der Waals surface area contributed by atoms with Gasteiger partial charge in [0, 0.05) is 0 Å². The fraction of sp³-hybridized carbons (Fsp3) is 0.625. The summed E-state index contributed by atoms with van der Waals surface area (Å²) in [5.74, 6) is 0. The SMILES string of the molecule is CCCNC(c1cc(C)cc(C)c1)C1COCCO1. The number of hydrogen-bond donors (Lipinski definition) is 1. The largest absolute Gasteiger partial charge is 0.376 e. The van der Waals surface area contributed by atoms with Crippen molar-refractivity contribution < 1.29 is 9.47 Å². The highest BCUT2D eigenvalue weighted by atomic mass is 16.6. The van der Waals surface area contributed by atoms with Crippen molar-refractivity contribution in [3.8, 4) is 0 Å². The normalized spacial score (nSPS) is 21.3. The van der Waals surface area contributed by atoms with Gasteiger partial charge in [-0.15, -0.1) is 0 Å². The molecule has 0 radical (unpaired) electrons. The second kappa shape index (κ2) is 7.04. The quantitative estimate of drug-likeness (QED) is 0.886. The zero-order valence-electron chi connectivity index (χ0n) is 12.2. The molecule has 0 spiro atoms. The molecular formula is C16H25NO2. The summed E-state index contributed by atoms with van der Waals surface area (Å²) >= 11 is 0. The van der Waals surface area contributed by atoms with Crippen LogP contribution in [-0.4, -0.2) is 32.5 Å². The van der Waals surface area contributed by atoms with Gasteiger partial charge in [0.15, 0.2) is 0 Å². The van der Waals surface area contributed by atoms with Crippen molar-refractivity contribution >= 4 is 0 Å². The lowest BCUT2D eigenvalue weighted by Crippen LogP contribution is -2.41. The van der Waals surface area contributed by atoms with Gasteiger partial charge in [0.05, 0.1) is 25.9 Å². The lowest BCUT2D eigenvalue weighted by molar-refractivity contribution is -0.102. The molecule has 106 valence electrons. The Morgan fingerprint density at radius 2 is 1.95 bits per heavy atom. The van der Waals surface area contributed by atoms with E-state index in [4.69, 9.17) is 9.47 Å². The first-order chi connectivity index (χ1) is 9.20. The van der Waals surface area contributed by atoms with Crippen LogP contribution in [0.1, 0.15) is 36.1 Å². The van der Waals surface area contributed by atoms with E-state index in [0.29, 0.717) is 19.8 Å². The molecule has 0 aliphatic carbocycles. The molecule has 1 N–H and O–H groups in total. The van der Waals surface area contributed by atoms with Gasteiger partial charge in [-0.1, -0.05) is 36.2 Å². The Morgan fingerprint density at radius 3 is 2.53 bits per heavy atom. The first-order valence-corrected chi connectivity index (χ1v) is 7.21. The monoisotopic (exact) mass is 263 g/mol. The van der Waals surface area contributed by atoms with Crippen molar-refractivity contribution in [1.29, 1.82) is 0 Å². The summed E-state index contributed by atoms with van der Waals surface area (Å²) in [4.78, 5) is 0. The van der Waals surface area contributed by atoms with Crippen molar-refractivity contribution in [3.63, 3.8) is 0 Å². The van der Waals surface area contributed by atoms with Gasteiger partial charge < -0.3 is 14.8 Å². The average molecular weight is 263 g/mol. The molecule has 1 aromatic rings. The van der Waals surface area contributed by atoms with Gasteiger partial charge in [-0.05, 0) is 32.4 Å². The number of nitrogens with one attached hydrogen (secondary N) is 1. The highest BCUT2D eigenvalue weighted by molar-refractivity contribution is 5.31. The molecule has 1 heterocycles. The van der Waals surface area contributed by atoms with Crippen LogP contribution in [0.2, 0.25) is 0 Å². The molecule has 3 nitrogen and oxygen atoms in total. The number of aryl methyl sites for hydroxylation is 2. The average Bonchev–Trinajstić information content (AvgIpc) is 2.39. The summed E-state index contributed by atoms with van der Waals surface area (Å²) in [5.41, 5.74) is 3.91. The Balaban J connectivity index is 2.19. The second-order valence-electron chi connectivity index (χ2n) is 5.34. The van der Waals surface area contributed by atoms with Crippen LogP contribution in [0.3, 0.4) is 0 Å². The van der Waals surface area contributed by atoms with Gasteiger partial charge in [0.1, 0.15) is 6.10 Å². The first kappa shape index (κ1) is 14.5. The minimum atomic E-state index is 0.112. The van der Waals surface area contributed by atoms with Crippen molar-refractivity contribution in [3.05, 3.63) is 34.9 Å². The van der Waals surface area contributed by atoms with E-state index in [1.807, 2.05) is 0 Å². The van der Waals surface area contributed by atoms with E-state index in [1.165, 1.54) is 16.7 Å². The zero-order valence-corrected chi connectivity index (χ0v) is 12.2. The van der Waals surface area contributed by atoms with Gasteiger partial charge in [-0.25, -0.2) is 0 Å². The van der Waals surface area contributed by atoms with E-state index in [1.54, 1.807) is 0 Å². The summed E-state index contributed by atoms with van der Waals surface area (Å²) in [6.07, 6.45) is 1.23. The van der Waals surface area contributed by atoms with Crippen LogP contribution in [0.15, 0.2) is 18.2 Å². The summed E-state index contributed by atoms with van der Waals surface area (Å²) in [6, 6.07) is 6.92. The summed E-state index contributed by atoms with van der Waals surface area (Å²) in [7, 11) is 0. The minimum absolute atomic E-state index is 0.112. The molecule has 1 aliphatic rings. The van der Waals surface area contributed by atoms with Gasteiger partial charge in [-0.3, -0.25) is 0 Å². The van der Waals surface area contributed by atoms with Crippen LogP contribution >= 0.6 is 0 Å². The predicted octanol–water partition coefficient (Wildman–Crippen LogP) is 2.76. The van der Waals surface area contributed by atoms with E-state index in [9.17, 15) is 0 Å². The molecule has 1 aromatic carbocycles. The Kier molecular flexibility index (Phi) is 5.37. The van der Waals surface area contributed by atoms with Gasteiger partial charge in [0.25, 0.3) is 0 Å². The Labute approximate surface area is 116 Å². The third-order valence-corrected chi connectivity index (χ3v) is 3.43. The van der Waals surface area contributed by atoms with E-state index < -0.39 is 0 Å². The minimum Gasteiger partial charge on any atom is -0.376 e. The van der Waals surface area contributed by atoms with E-state index in [-0.39, 0.29) is 12.1 Å². The topological polar surface area (TPSA) is 30.5 Å². The molecule has 1 saturated heterocycles. The van der Waals surface area contributed by atoms with Crippen molar-refractivity contribution in [2.24, 2.45) is 0 Å². The van der Waals surface area contributed by atoms with Crippen LogP contribution in [0.4, 0.5) is 0 Å². The zero-order chi connectivity index (χ0) is 13.7. The van der Waals surface area contributed by atoms with Crippen LogP contribution in [0, 0.1) is 13.8 Å². The first-order valence-electron chi connectivity index (χ1n) is 7.21. The lowest BCUT2D eigenvalue weighted by Gasteiger charge is -2.32. The molecular weight excluding hydrogens is 238 g/mol.